The number of hydrogen-bond donors (Lipinski definition) is 2. The van der Waals surface area contributed by atoms with Crippen LogP contribution < -0.4 is 10.5 Å². The number of hydrogen-bond acceptors (Lipinski definition) is 8. The van der Waals surface area contributed by atoms with E-state index in [0.717, 1.165) is 11.3 Å². The summed E-state index contributed by atoms with van der Waals surface area (Å²) in [5, 5.41) is 10.9. The lowest BCUT2D eigenvalue weighted by molar-refractivity contribution is 0.391. The molecule has 2 rings (SSSR count). The van der Waals surface area contributed by atoms with Gasteiger partial charge in [-0.1, -0.05) is 16.5 Å². The van der Waals surface area contributed by atoms with E-state index in [4.69, 9.17) is 10.3 Å². The summed E-state index contributed by atoms with van der Waals surface area (Å²) in [6.07, 6.45) is 0. The van der Waals surface area contributed by atoms with E-state index in [1.54, 1.807) is 20.8 Å². The SMILES string of the molecule is Cc1noc(C)c1C(C)NS(=O)(=O)c1nnc(N)s1. The molecule has 0 radical (unpaired) electrons. The molecule has 2 aromatic heterocycles. The first-order valence-electron chi connectivity index (χ1n) is 5.35. The maximum atomic E-state index is 12.1. The number of rotatable bonds is 4. The molecular formula is C9H13N5O3S2. The summed E-state index contributed by atoms with van der Waals surface area (Å²) in [5.41, 5.74) is 6.73. The zero-order valence-corrected chi connectivity index (χ0v) is 12.2. The zero-order valence-electron chi connectivity index (χ0n) is 10.5. The van der Waals surface area contributed by atoms with E-state index in [1.165, 1.54) is 0 Å². The van der Waals surface area contributed by atoms with Gasteiger partial charge in [-0.2, -0.15) is 0 Å². The summed E-state index contributed by atoms with van der Waals surface area (Å²) in [5.74, 6) is 0.574. The lowest BCUT2D eigenvalue weighted by Crippen LogP contribution is -2.27. The topological polar surface area (TPSA) is 124 Å². The monoisotopic (exact) mass is 303 g/mol. The lowest BCUT2D eigenvalue weighted by atomic mass is 10.1. The maximum absolute atomic E-state index is 12.1. The second-order valence-electron chi connectivity index (χ2n) is 3.99. The highest BCUT2D eigenvalue weighted by atomic mass is 32.2. The third kappa shape index (κ3) is 2.74. The highest BCUT2D eigenvalue weighted by Gasteiger charge is 2.25. The van der Waals surface area contributed by atoms with Crippen molar-refractivity contribution in [1.82, 2.24) is 20.1 Å². The molecule has 8 nitrogen and oxygen atoms in total. The minimum absolute atomic E-state index is 0.102. The molecule has 2 aromatic rings. The van der Waals surface area contributed by atoms with Crippen molar-refractivity contribution in [3.05, 3.63) is 17.0 Å². The Balaban J connectivity index is 2.26. The van der Waals surface area contributed by atoms with E-state index in [1.807, 2.05) is 0 Å². The van der Waals surface area contributed by atoms with Gasteiger partial charge in [-0.3, -0.25) is 0 Å². The van der Waals surface area contributed by atoms with Crippen LogP contribution in [0.15, 0.2) is 8.86 Å². The first-order chi connectivity index (χ1) is 8.81. The molecule has 0 saturated carbocycles. The van der Waals surface area contributed by atoms with Gasteiger partial charge in [0, 0.05) is 11.6 Å². The Hall–Kier alpha value is -1.52. The van der Waals surface area contributed by atoms with Gasteiger partial charge in [0.25, 0.3) is 10.0 Å². The third-order valence-corrected chi connectivity index (χ3v) is 5.17. The summed E-state index contributed by atoms with van der Waals surface area (Å²) < 4.78 is 31.5. The molecule has 0 aliphatic rings. The van der Waals surface area contributed by atoms with Gasteiger partial charge >= 0.3 is 0 Å². The molecule has 2 heterocycles. The first-order valence-corrected chi connectivity index (χ1v) is 7.65. The van der Waals surface area contributed by atoms with E-state index in [-0.39, 0.29) is 9.47 Å². The van der Waals surface area contributed by atoms with Crippen LogP contribution in [0.2, 0.25) is 0 Å². The Kier molecular flexibility index (Phi) is 3.56. The van der Waals surface area contributed by atoms with Crippen molar-refractivity contribution in [2.24, 2.45) is 0 Å². The van der Waals surface area contributed by atoms with Gasteiger partial charge in [0.2, 0.25) is 9.47 Å². The fraction of sp³-hybridized carbons (Fsp3) is 0.444. The Morgan fingerprint density at radius 2 is 2.05 bits per heavy atom. The smallest absolute Gasteiger partial charge is 0.270 e. The van der Waals surface area contributed by atoms with Crippen molar-refractivity contribution in [3.63, 3.8) is 0 Å². The number of aromatic nitrogens is 3. The summed E-state index contributed by atoms with van der Waals surface area (Å²) in [6, 6.07) is -0.485. The predicted molar refractivity (Wildman–Crippen MR) is 69.0 cm³/mol. The molecule has 104 valence electrons. The van der Waals surface area contributed by atoms with Crippen LogP contribution in [0, 0.1) is 13.8 Å². The number of sulfonamides is 1. The summed E-state index contributed by atoms with van der Waals surface area (Å²) in [4.78, 5) is 0. The van der Waals surface area contributed by atoms with Gasteiger partial charge in [0.05, 0.1) is 5.69 Å². The molecule has 19 heavy (non-hydrogen) atoms. The zero-order chi connectivity index (χ0) is 14.2. The molecule has 10 heteroatoms. The molecule has 0 spiro atoms. The van der Waals surface area contributed by atoms with Crippen LogP contribution in [0.3, 0.4) is 0 Å². The van der Waals surface area contributed by atoms with Crippen molar-refractivity contribution in [1.29, 1.82) is 0 Å². The largest absolute Gasteiger partial charge is 0.374 e. The van der Waals surface area contributed by atoms with Gasteiger partial charge in [-0.05, 0) is 20.8 Å². The van der Waals surface area contributed by atoms with E-state index < -0.39 is 16.1 Å². The Morgan fingerprint density at radius 3 is 2.53 bits per heavy atom. The highest BCUT2D eigenvalue weighted by Crippen LogP contribution is 2.24. The van der Waals surface area contributed by atoms with Gasteiger partial charge in [-0.15, -0.1) is 10.2 Å². The molecule has 0 amide bonds. The number of anilines is 1. The average molecular weight is 303 g/mol. The molecular weight excluding hydrogens is 290 g/mol. The summed E-state index contributed by atoms with van der Waals surface area (Å²) in [6.45, 7) is 5.18. The fourth-order valence-electron chi connectivity index (χ4n) is 1.78. The van der Waals surface area contributed by atoms with Gasteiger partial charge in [0.15, 0.2) is 0 Å². The fourth-order valence-corrected chi connectivity index (χ4v) is 3.79. The molecule has 0 bridgehead atoms. The highest BCUT2D eigenvalue weighted by molar-refractivity contribution is 7.91. The first kappa shape index (κ1) is 13.9. The van der Waals surface area contributed by atoms with Crippen molar-refractivity contribution < 1.29 is 12.9 Å². The van der Waals surface area contributed by atoms with Crippen LogP contribution >= 0.6 is 11.3 Å². The molecule has 1 atom stereocenters. The van der Waals surface area contributed by atoms with Crippen LogP contribution in [0.1, 0.15) is 30.0 Å². The van der Waals surface area contributed by atoms with Crippen molar-refractivity contribution >= 4 is 26.5 Å². The second kappa shape index (κ2) is 4.87. The second-order valence-corrected chi connectivity index (χ2v) is 6.88. The van der Waals surface area contributed by atoms with Gasteiger partial charge in [-0.25, -0.2) is 13.1 Å². The molecule has 0 saturated heterocycles. The molecule has 0 fully saturated rings. The van der Waals surface area contributed by atoms with Gasteiger partial charge in [0.1, 0.15) is 5.76 Å². The van der Waals surface area contributed by atoms with Crippen LogP contribution in [-0.4, -0.2) is 23.8 Å². The number of nitrogens with two attached hydrogens (primary N) is 1. The summed E-state index contributed by atoms with van der Waals surface area (Å²) >= 11 is 0.808. The van der Waals surface area contributed by atoms with Crippen LogP contribution in [0.5, 0.6) is 0 Å². The molecule has 3 N–H and O–H groups in total. The summed E-state index contributed by atoms with van der Waals surface area (Å²) in [7, 11) is -3.75. The van der Waals surface area contributed by atoms with E-state index in [0.29, 0.717) is 17.0 Å². The number of nitrogens with zero attached hydrogens (tertiary/aromatic N) is 3. The molecule has 1 unspecified atom stereocenters. The standard InChI is InChI=1S/C9H13N5O3S2/c1-4-7(6(3)17-13-4)5(2)14-19(15,16)9-12-11-8(10)18-9/h5,14H,1-3H3,(H2,10,11). The quantitative estimate of drug-likeness (QED) is 0.854. The number of aryl methyl sites for hydroxylation is 2. The average Bonchev–Trinajstić information content (AvgIpc) is 2.85. The van der Waals surface area contributed by atoms with E-state index >= 15 is 0 Å². The maximum Gasteiger partial charge on any atom is 0.270 e. The van der Waals surface area contributed by atoms with Crippen LogP contribution in [0.4, 0.5) is 5.13 Å². The molecule has 0 aliphatic carbocycles. The van der Waals surface area contributed by atoms with Gasteiger partial charge < -0.3 is 10.3 Å². The minimum atomic E-state index is -3.75. The third-order valence-electron chi connectivity index (χ3n) is 2.51. The molecule has 0 aromatic carbocycles. The Morgan fingerprint density at radius 1 is 1.37 bits per heavy atom. The molecule has 0 aliphatic heterocycles. The minimum Gasteiger partial charge on any atom is -0.374 e. The van der Waals surface area contributed by atoms with E-state index in [9.17, 15) is 8.42 Å². The van der Waals surface area contributed by atoms with Crippen molar-refractivity contribution in [2.75, 3.05) is 5.73 Å². The number of nitrogen functional groups attached to an aromatic ring is 1. The van der Waals surface area contributed by atoms with Crippen LogP contribution in [-0.2, 0) is 10.0 Å². The number of nitrogens with one attached hydrogen (secondary N) is 1. The Labute approximate surface area is 114 Å². The predicted octanol–water partition coefficient (Wildman–Crippen LogP) is 0.765. The Bertz CT molecular complexity index is 671. The van der Waals surface area contributed by atoms with Crippen LogP contribution in [0.25, 0.3) is 0 Å². The van der Waals surface area contributed by atoms with Crippen molar-refractivity contribution in [2.45, 2.75) is 31.2 Å². The van der Waals surface area contributed by atoms with E-state index in [2.05, 4.69) is 20.1 Å². The van der Waals surface area contributed by atoms with Crippen molar-refractivity contribution in [3.8, 4) is 0 Å². The normalized spacial score (nSPS) is 13.6. The lowest BCUT2D eigenvalue weighted by Gasteiger charge is -2.12.